The summed E-state index contributed by atoms with van der Waals surface area (Å²) < 4.78 is 4.69. The van der Waals surface area contributed by atoms with Gasteiger partial charge in [-0.25, -0.2) is 0 Å². The number of fused-ring (bicyclic) bond motifs is 6. The zero-order valence-corrected chi connectivity index (χ0v) is 30.3. The number of hydrogen-bond donors (Lipinski definition) is 0. The van der Waals surface area contributed by atoms with Gasteiger partial charge >= 0.3 is 0 Å². The molecule has 0 saturated heterocycles. The Balaban J connectivity index is 1.56. The number of aromatic nitrogens is 2. The zero-order valence-electron chi connectivity index (χ0n) is 30.3. The van der Waals surface area contributed by atoms with Crippen LogP contribution < -0.4 is 0 Å². The summed E-state index contributed by atoms with van der Waals surface area (Å²) >= 11 is 0. The molecule has 0 unspecified atom stereocenters. The Morgan fingerprint density at radius 2 is 0.980 bits per heavy atom. The molecule has 0 saturated carbocycles. The van der Waals surface area contributed by atoms with Crippen molar-refractivity contribution < 1.29 is 0 Å². The molecule has 0 aliphatic rings. The van der Waals surface area contributed by atoms with Crippen molar-refractivity contribution >= 4 is 43.6 Å². The number of nitrogens with zero attached hydrogens (tertiary/aromatic N) is 4. The van der Waals surface area contributed by atoms with Gasteiger partial charge in [-0.15, -0.1) is 0 Å². The average molecular weight is 661 g/mol. The molecule has 6 aromatic carbocycles. The molecule has 2 aromatic heterocycles. The van der Waals surface area contributed by atoms with Crippen molar-refractivity contribution in [1.29, 1.82) is 10.5 Å². The minimum atomic E-state index is -0.0112. The fraction of sp³-hybridized carbons (Fsp3) is 0.191. The highest BCUT2D eigenvalue weighted by Crippen LogP contribution is 2.42. The van der Waals surface area contributed by atoms with Gasteiger partial charge in [0.15, 0.2) is 0 Å². The van der Waals surface area contributed by atoms with Gasteiger partial charge in [0, 0.05) is 27.1 Å². The molecule has 4 heteroatoms. The van der Waals surface area contributed by atoms with E-state index in [1.165, 1.54) is 32.7 Å². The van der Waals surface area contributed by atoms with Gasteiger partial charge < -0.3 is 9.13 Å². The van der Waals surface area contributed by atoms with E-state index in [4.69, 9.17) is 0 Å². The third-order valence-corrected chi connectivity index (χ3v) is 10.3. The van der Waals surface area contributed by atoms with Gasteiger partial charge in [0.1, 0.15) is 0 Å². The Kier molecular flexibility index (Phi) is 7.23. The fourth-order valence-electron chi connectivity index (χ4n) is 7.67. The van der Waals surface area contributed by atoms with Gasteiger partial charge in [0.2, 0.25) is 0 Å². The van der Waals surface area contributed by atoms with Crippen molar-refractivity contribution in [2.75, 3.05) is 0 Å². The Labute approximate surface area is 299 Å². The lowest BCUT2D eigenvalue weighted by molar-refractivity contribution is 0.591. The summed E-state index contributed by atoms with van der Waals surface area (Å²) in [5, 5.41) is 25.4. The summed E-state index contributed by atoms with van der Waals surface area (Å²) in [6.07, 6.45) is 0. The van der Waals surface area contributed by atoms with Crippen LogP contribution in [0.15, 0.2) is 115 Å². The predicted molar refractivity (Wildman–Crippen MR) is 212 cm³/mol. The highest BCUT2D eigenvalue weighted by Gasteiger charge is 2.24. The second-order valence-corrected chi connectivity index (χ2v) is 15.9. The second-order valence-electron chi connectivity index (χ2n) is 15.9. The molecule has 0 atom stereocenters. The molecule has 0 fully saturated rings. The van der Waals surface area contributed by atoms with Crippen LogP contribution in [0.3, 0.4) is 0 Å². The molecular weight excluding hydrogens is 621 g/mol. The van der Waals surface area contributed by atoms with E-state index < -0.39 is 0 Å². The first-order valence-electron chi connectivity index (χ1n) is 17.6. The molecule has 248 valence electrons. The first kappa shape index (κ1) is 32.1. The van der Waals surface area contributed by atoms with Crippen molar-refractivity contribution in [3.05, 3.63) is 143 Å². The van der Waals surface area contributed by atoms with E-state index in [-0.39, 0.29) is 10.8 Å². The summed E-state index contributed by atoms with van der Waals surface area (Å²) in [5.41, 5.74) is 12.5. The molecule has 8 rings (SSSR count). The standard InChI is InChI=1S/C47H40N4/c1-29-20-30(27-48)22-31(21-29)37-26-45(51-41-15-11-9-13-36(41)39-25-34(47(5,6)7)17-19-43(39)51)44(23-32(37)28-49)50-40-14-10-8-12-35(40)38-24-33(46(2,3)4)16-18-42(38)50/h8-26H,1-7H3. The first-order chi connectivity index (χ1) is 24.4. The minimum Gasteiger partial charge on any atom is -0.307 e. The number of benzene rings is 6. The van der Waals surface area contributed by atoms with Crippen LogP contribution in [0, 0.1) is 29.6 Å². The second kappa shape index (κ2) is 11.5. The van der Waals surface area contributed by atoms with E-state index in [2.05, 4.69) is 160 Å². The van der Waals surface area contributed by atoms with E-state index >= 15 is 0 Å². The van der Waals surface area contributed by atoms with Crippen LogP contribution in [-0.2, 0) is 10.8 Å². The third kappa shape index (κ3) is 5.19. The smallest absolute Gasteiger partial charge is 0.0998 e. The topological polar surface area (TPSA) is 57.4 Å². The summed E-state index contributed by atoms with van der Waals surface area (Å²) in [5.74, 6) is 0. The van der Waals surface area contributed by atoms with Gasteiger partial charge in [-0.05, 0) is 101 Å². The number of hydrogen-bond acceptors (Lipinski definition) is 2. The third-order valence-electron chi connectivity index (χ3n) is 10.3. The molecule has 8 aromatic rings. The van der Waals surface area contributed by atoms with Gasteiger partial charge in [-0.3, -0.25) is 0 Å². The van der Waals surface area contributed by atoms with E-state index in [0.29, 0.717) is 11.1 Å². The number of aryl methyl sites for hydroxylation is 1. The lowest BCUT2D eigenvalue weighted by Gasteiger charge is -2.21. The lowest BCUT2D eigenvalue weighted by Crippen LogP contribution is -2.11. The maximum Gasteiger partial charge on any atom is 0.0998 e. The summed E-state index contributed by atoms with van der Waals surface area (Å²) in [6, 6.07) is 45.7. The normalized spacial score (nSPS) is 12.2. The Hall–Kier alpha value is -6.10. The van der Waals surface area contributed by atoms with Crippen LogP contribution in [0.4, 0.5) is 0 Å². The molecule has 0 spiro atoms. The van der Waals surface area contributed by atoms with Gasteiger partial charge in [0.25, 0.3) is 0 Å². The summed E-state index contributed by atoms with van der Waals surface area (Å²) in [4.78, 5) is 0. The molecule has 51 heavy (non-hydrogen) atoms. The molecule has 0 aliphatic carbocycles. The Morgan fingerprint density at radius 1 is 0.490 bits per heavy atom. The summed E-state index contributed by atoms with van der Waals surface area (Å²) in [7, 11) is 0. The van der Waals surface area contributed by atoms with Crippen LogP contribution in [0.5, 0.6) is 0 Å². The van der Waals surface area contributed by atoms with E-state index in [1.54, 1.807) is 0 Å². The molecule has 4 nitrogen and oxygen atoms in total. The van der Waals surface area contributed by atoms with Gasteiger partial charge in [0.05, 0.1) is 56.7 Å². The van der Waals surface area contributed by atoms with Crippen molar-refractivity contribution in [3.8, 4) is 34.6 Å². The molecule has 0 aliphatic heterocycles. The van der Waals surface area contributed by atoms with Crippen molar-refractivity contribution in [2.24, 2.45) is 0 Å². The summed E-state index contributed by atoms with van der Waals surface area (Å²) in [6.45, 7) is 15.5. The first-order valence-corrected chi connectivity index (χ1v) is 17.6. The highest BCUT2D eigenvalue weighted by molar-refractivity contribution is 6.12. The molecule has 0 N–H and O–H groups in total. The van der Waals surface area contributed by atoms with Crippen molar-refractivity contribution in [1.82, 2.24) is 9.13 Å². The molecule has 0 radical (unpaired) electrons. The van der Waals surface area contributed by atoms with E-state index in [1.807, 2.05) is 25.1 Å². The zero-order chi connectivity index (χ0) is 35.8. The van der Waals surface area contributed by atoms with Gasteiger partial charge in [-0.2, -0.15) is 10.5 Å². The van der Waals surface area contributed by atoms with Crippen molar-refractivity contribution in [3.63, 3.8) is 0 Å². The maximum atomic E-state index is 10.8. The SMILES string of the molecule is Cc1cc(C#N)cc(-c2cc(-n3c4ccccc4c4cc(C(C)(C)C)ccc43)c(-n3c4ccccc4c4cc(C(C)(C)C)ccc43)cc2C#N)c1. The average Bonchev–Trinajstić information content (AvgIpc) is 3.62. The Bertz CT molecular complexity index is 2800. The highest BCUT2D eigenvalue weighted by atomic mass is 15.1. The van der Waals surface area contributed by atoms with Crippen LogP contribution >= 0.6 is 0 Å². The molecule has 2 heterocycles. The quantitative estimate of drug-likeness (QED) is 0.189. The van der Waals surface area contributed by atoms with Crippen LogP contribution in [-0.4, -0.2) is 9.13 Å². The lowest BCUT2D eigenvalue weighted by atomic mass is 9.86. The number of nitriles is 2. The number of rotatable bonds is 3. The van der Waals surface area contributed by atoms with Crippen molar-refractivity contribution in [2.45, 2.75) is 59.3 Å². The largest absolute Gasteiger partial charge is 0.307 e. The molecule has 0 bridgehead atoms. The maximum absolute atomic E-state index is 10.8. The predicted octanol–water partition coefficient (Wildman–Crippen LogP) is 12.2. The van der Waals surface area contributed by atoms with Crippen LogP contribution in [0.25, 0.3) is 66.1 Å². The van der Waals surface area contributed by atoms with E-state index in [0.717, 1.165) is 50.1 Å². The van der Waals surface area contributed by atoms with Crippen LogP contribution in [0.2, 0.25) is 0 Å². The fourth-order valence-corrected chi connectivity index (χ4v) is 7.67. The number of para-hydroxylation sites is 2. The minimum absolute atomic E-state index is 0.0108. The van der Waals surface area contributed by atoms with Crippen LogP contribution in [0.1, 0.15) is 69.4 Å². The monoisotopic (exact) mass is 660 g/mol. The molecular formula is C47H40N4. The van der Waals surface area contributed by atoms with Gasteiger partial charge in [-0.1, -0.05) is 96.1 Å². The molecule has 0 amide bonds. The van der Waals surface area contributed by atoms with E-state index in [9.17, 15) is 10.5 Å². The Morgan fingerprint density at radius 3 is 1.47 bits per heavy atom.